The quantitative estimate of drug-likeness (QED) is 0.636. The highest BCUT2D eigenvalue weighted by Crippen LogP contribution is 2.38. The van der Waals surface area contributed by atoms with E-state index >= 15 is 0 Å². The monoisotopic (exact) mass is 160 g/mol. The average molecular weight is 160 g/mol. The summed E-state index contributed by atoms with van der Waals surface area (Å²) in [4.78, 5) is 3.06. The zero-order chi connectivity index (χ0) is 7.97. The Labute approximate surface area is 68.9 Å². The van der Waals surface area contributed by atoms with Crippen molar-refractivity contribution in [2.75, 3.05) is 6.79 Å². The van der Waals surface area contributed by atoms with Crippen molar-refractivity contribution in [2.24, 2.45) is 0 Å². The predicted molar refractivity (Wildman–Crippen MR) is 43.3 cm³/mol. The normalized spacial score (nSPS) is 14.0. The van der Waals surface area contributed by atoms with Gasteiger partial charge < -0.3 is 14.5 Å². The highest BCUT2D eigenvalue weighted by atomic mass is 16.7. The van der Waals surface area contributed by atoms with Crippen LogP contribution in [0.4, 0.5) is 0 Å². The molecule has 1 N–H and O–H groups in total. The Hall–Kier alpha value is -1.64. The van der Waals surface area contributed by atoms with Crippen molar-refractivity contribution in [3.63, 3.8) is 0 Å². The summed E-state index contributed by atoms with van der Waals surface area (Å²) in [5.41, 5.74) is 1.03. The van der Waals surface area contributed by atoms with Crippen LogP contribution >= 0.6 is 0 Å². The van der Waals surface area contributed by atoms with Crippen molar-refractivity contribution in [1.29, 1.82) is 0 Å². The molecule has 2 heterocycles. The molecule has 59 valence electrons. The predicted octanol–water partition coefficient (Wildman–Crippen LogP) is 1.70. The van der Waals surface area contributed by atoms with E-state index in [9.17, 15) is 0 Å². The lowest BCUT2D eigenvalue weighted by Gasteiger charge is -1.95. The molecule has 1 aromatic carbocycles. The first kappa shape index (κ1) is 5.94. The third-order valence-electron chi connectivity index (χ3n) is 1.98. The van der Waals surface area contributed by atoms with Crippen molar-refractivity contribution in [2.45, 2.75) is 0 Å². The molecule has 2 aromatic rings. The number of ether oxygens (including phenoxy) is 2. The molecular weight excluding hydrogens is 154 g/mol. The fourth-order valence-electron chi connectivity index (χ4n) is 1.42. The topological polar surface area (TPSA) is 34.2 Å². The molecule has 3 heteroatoms. The molecule has 0 aliphatic carbocycles. The third kappa shape index (κ3) is 0.605. The molecule has 0 amide bonds. The van der Waals surface area contributed by atoms with Gasteiger partial charge in [0, 0.05) is 12.3 Å². The van der Waals surface area contributed by atoms with Gasteiger partial charge in [0.05, 0.1) is 10.9 Å². The molecule has 0 atom stereocenters. The minimum Gasteiger partial charge on any atom is -0.454 e. The number of fused-ring (bicyclic) bond motifs is 3. The molecule has 0 bridgehead atoms. The van der Waals surface area contributed by atoms with Gasteiger partial charge in [0.2, 0.25) is 6.79 Å². The summed E-state index contributed by atoms with van der Waals surface area (Å²) in [6, 6.07) is 6.91. The van der Waals surface area contributed by atoms with Crippen molar-refractivity contribution < 1.29 is 9.47 Å². The molecular formula is C9H6NO2. The van der Waals surface area contributed by atoms with Gasteiger partial charge in [-0.05, 0) is 12.1 Å². The van der Waals surface area contributed by atoms with E-state index in [-0.39, 0.29) is 0 Å². The van der Waals surface area contributed by atoms with Crippen LogP contribution in [0, 0.1) is 6.07 Å². The van der Waals surface area contributed by atoms with E-state index < -0.39 is 0 Å². The summed E-state index contributed by atoms with van der Waals surface area (Å²) in [6.45, 7) is 0.313. The molecule has 0 spiro atoms. The maximum Gasteiger partial charge on any atom is 0.231 e. The molecule has 1 aliphatic heterocycles. The van der Waals surface area contributed by atoms with Crippen LogP contribution in [0.15, 0.2) is 18.3 Å². The van der Waals surface area contributed by atoms with E-state index in [1.54, 1.807) is 6.20 Å². The highest BCUT2D eigenvalue weighted by molar-refractivity contribution is 5.88. The molecule has 3 nitrogen and oxygen atoms in total. The Morgan fingerprint density at radius 3 is 3.33 bits per heavy atom. The van der Waals surface area contributed by atoms with E-state index in [1.807, 2.05) is 12.1 Å². The smallest absolute Gasteiger partial charge is 0.231 e. The van der Waals surface area contributed by atoms with Gasteiger partial charge in [-0.1, -0.05) is 0 Å². The van der Waals surface area contributed by atoms with Gasteiger partial charge in [-0.15, -0.1) is 0 Å². The van der Waals surface area contributed by atoms with E-state index in [0.717, 1.165) is 22.4 Å². The van der Waals surface area contributed by atoms with Crippen LogP contribution in [0.1, 0.15) is 0 Å². The number of aromatic nitrogens is 1. The van der Waals surface area contributed by atoms with Crippen molar-refractivity contribution in [3.05, 3.63) is 24.4 Å². The van der Waals surface area contributed by atoms with Crippen LogP contribution in [-0.4, -0.2) is 11.8 Å². The van der Waals surface area contributed by atoms with Gasteiger partial charge in [0.1, 0.15) is 0 Å². The van der Waals surface area contributed by atoms with E-state index in [0.29, 0.717) is 6.79 Å². The lowest BCUT2D eigenvalue weighted by molar-refractivity contribution is 0.175. The molecule has 12 heavy (non-hydrogen) atoms. The van der Waals surface area contributed by atoms with Crippen LogP contribution in [0.3, 0.4) is 0 Å². The highest BCUT2D eigenvalue weighted by Gasteiger charge is 2.16. The van der Waals surface area contributed by atoms with E-state index in [2.05, 4.69) is 11.1 Å². The van der Waals surface area contributed by atoms with Crippen LogP contribution in [0.5, 0.6) is 11.5 Å². The number of H-pyrrole nitrogens is 1. The van der Waals surface area contributed by atoms with Crippen molar-refractivity contribution in [3.8, 4) is 11.5 Å². The number of rotatable bonds is 0. The maximum absolute atomic E-state index is 5.30. The average Bonchev–Trinajstić information content (AvgIpc) is 2.71. The van der Waals surface area contributed by atoms with Crippen LogP contribution in [0.25, 0.3) is 10.9 Å². The van der Waals surface area contributed by atoms with Gasteiger partial charge >= 0.3 is 0 Å². The number of hydrogen-bond acceptors (Lipinski definition) is 2. The maximum atomic E-state index is 5.30. The van der Waals surface area contributed by atoms with Crippen molar-refractivity contribution in [1.82, 2.24) is 4.98 Å². The fraction of sp³-hybridized carbons (Fsp3) is 0.111. The lowest BCUT2D eigenvalue weighted by Crippen LogP contribution is -1.93. The summed E-state index contributed by atoms with van der Waals surface area (Å²) in [5, 5.41) is 0.963. The van der Waals surface area contributed by atoms with E-state index in [4.69, 9.17) is 9.47 Å². The van der Waals surface area contributed by atoms with Crippen LogP contribution < -0.4 is 9.47 Å². The van der Waals surface area contributed by atoms with Gasteiger partial charge in [-0.3, -0.25) is 0 Å². The standard InChI is InChI=1S/C9H6NO2/c1-2-8-9(12-5-11-8)6-3-4-10-7(1)6/h1-2,4,10H,5H2. The second kappa shape index (κ2) is 1.94. The van der Waals surface area contributed by atoms with Crippen LogP contribution in [-0.2, 0) is 0 Å². The molecule has 0 saturated heterocycles. The molecule has 3 rings (SSSR count). The van der Waals surface area contributed by atoms with Gasteiger partial charge in [-0.2, -0.15) is 0 Å². The van der Waals surface area contributed by atoms with Crippen molar-refractivity contribution >= 4 is 10.9 Å². The Kier molecular flexibility index (Phi) is 0.961. The Bertz CT molecular complexity index is 433. The first-order chi connectivity index (χ1) is 5.95. The number of aromatic amines is 1. The first-order valence-electron chi connectivity index (χ1n) is 3.72. The third-order valence-corrected chi connectivity index (χ3v) is 1.98. The first-order valence-corrected chi connectivity index (χ1v) is 3.72. The molecule has 1 aromatic heterocycles. The zero-order valence-electron chi connectivity index (χ0n) is 6.26. The summed E-state index contributed by atoms with van der Waals surface area (Å²) in [6.07, 6.45) is 1.77. The summed E-state index contributed by atoms with van der Waals surface area (Å²) in [5.74, 6) is 1.60. The zero-order valence-corrected chi connectivity index (χ0v) is 6.26. The van der Waals surface area contributed by atoms with Gasteiger partial charge in [0.15, 0.2) is 11.5 Å². The van der Waals surface area contributed by atoms with Gasteiger partial charge in [0.25, 0.3) is 0 Å². The Balaban J connectivity index is 2.46. The molecule has 0 saturated carbocycles. The Morgan fingerprint density at radius 1 is 1.33 bits per heavy atom. The minimum absolute atomic E-state index is 0.313. The summed E-state index contributed by atoms with van der Waals surface area (Å²) in [7, 11) is 0. The largest absolute Gasteiger partial charge is 0.454 e. The second-order valence-electron chi connectivity index (χ2n) is 2.65. The number of nitrogens with one attached hydrogen (secondary N) is 1. The summed E-state index contributed by atoms with van der Waals surface area (Å²) < 4.78 is 10.5. The molecule has 0 fully saturated rings. The fourth-order valence-corrected chi connectivity index (χ4v) is 1.42. The Morgan fingerprint density at radius 2 is 2.33 bits per heavy atom. The molecule has 1 aliphatic rings. The van der Waals surface area contributed by atoms with E-state index in [1.165, 1.54) is 0 Å². The number of benzene rings is 1. The SMILES string of the molecule is [c]1c[nH]c2ccc3c(c12)OCO3. The second-order valence-corrected chi connectivity index (χ2v) is 2.65. The molecule has 0 unspecified atom stereocenters. The van der Waals surface area contributed by atoms with Gasteiger partial charge in [-0.25, -0.2) is 0 Å². The summed E-state index contributed by atoms with van der Waals surface area (Å²) >= 11 is 0. The number of hydrogen-bond donors (Lipinski definition) is 1. The van der Waals surface area contributed by atoms with Crippen LogP contribution in [0.2, 0.25) is 0 Å². The minimum atomic E-state index is 0.313. The lowest BCUT2D eigenvalue weighted by atomic mass is 10.2. The molecule has 1 radical (unpaired) electrons.